The van der Waals surface area contributed by atoms with Gasteiger partial charge in [-0.15, -0.1) is 0 Å². The molecule has 0 aromatic heterocycles. The Morgan fingerprint density at radius 3 is 2.50 bits per heavy atom. The van der Waals surface area contributed by atoms with Crippen LogP contribution in [0.1, 0.15) is 44.6 Å². The van der Waals surface area contributed by atoms with Crippen LogP contribution in [0.4, 0.5) is 0 Å². The summed E-state index contributed by atoms with van der Waals surface area (Å²) in [5, 5.41) is 12.4. The summed E-state index contributed by atoms with van der Waals surface area (Å²) in [5.74, 6) is 0.599. The number of benzene rings is 1. The minimum absolute atomic E-state index is 0.0213. The van der Waals surface area contributed by atoms with E-state index in [1.807, 2.05) is 0 Å². The Morgan fingerprint density at radius 2 is 1.94 bits per heavy atom. The molecule has 1 saturated carbocycles. The van der Waals surface area contributed by atoms with Crippen molar-refractivity contribution in [1.29, 1.82) is 0 Å². The van der Waals surface area contributed by atoms with Crippen LogP contribution < -0.4 is 0 Å². The average molecular weight is 217 g/mol. The molecule has 0 heterocycles. The van der Waals surface area contributed by atoms with Gasteiger partial charge in [0.2, 0.25) is 0 Å². The van der Waals surface area contributed by atoms with E-state index in [1.54, 1.807) is 0 Å². The maximum Gasteiger partial charge on any atom is 0.0627 e. The van der Waals surface area contributed by atoms with Crippen LogP contribution >= 0.6 is 0 Å². The Bertz CT molecular complexity index is 381. The van der Waals surface area contributed by atoms with Crippen molar-refractivity contribution >= 4 is 5.71 Å². The minimum Gasteiger partial charge on any atom is -0.411 e. The highest BCUT2D eigenvalue weighted by atomic mass is 16.4. The van der Waals surface area contributed by atoms with Crippen LogP contribution in [0.5, 0.6) is 0 Å². The van der Waals surface area contributed by atoms with E-state index in [2.05, 4.69) is 49.3 Å². The van der Waals surface area contributed by atoms with E-state index in [0.717, 1.165) is 25.0 Å². The monoisotopic (exact) mass is 217 g/mol. The van der Waals surface area contributed by atoms with Crippen LogP contribution in [0.15, 0.2) is 35.5 Å². The summed E-state index contributed by atoms with van der Waals surface area (Å²) in [5.41, 5.74) is 2.38. The highest BCUT2D eigenvalue weighted by Crippen LogP contribution is 2.41. The number of nitrogens with zero attached hydrogens (tertiary/aromatic N) is 1. The molecule has 1 aromatic rings. The van der Waals surface area contributed by atoms with E-state index < -0.39 is 0 Å². The molecule has 1 aromatic carbocycles. The molecule has 0 spiro atoms. The zero-order chi connectivity index (χ0) is 11.6. The molecule has 0 saturated heterocycles. The summed E-state index contributed by atoms with van der Waals surface area (Å²) in [6, 6.07) is 10.6. The zero-order valence-corrected chi connectivity index (χ0v) is 9.98. The van der Waals surface area contributed by atoms with Crippen molar-refractivity contribution in [2.24, 2.45) is 10.6 Å². The Hall–Kier alpha value is -1.31. The topological polar surface area (TPSA) is 32.6 Å². The van der Waals surface area contributed by atoms with Gasteiger partial charge in [0.1, 0.15) is 0 Å². The molecule has 1 aliphatic rings. The molecule has 86 valence electrons. The number of oxime groups is 1. The predicted octanol–water partition coefficient (Wildman–Crippen LogP) is 3.81. The molecular formula is C14H19NO. The zero-order valence-electron chi connectivity index (χ0n) is 9.98. The molecule has 0 aliphatic heterocycles. The molecule has 0 amide bonds. The summed E-state index contributed by atoms with van der Waals surface area (Å²) >= 11 is 0. The van der Waals surface area contributed by atoms with E-state index in [1.165, 1.54) is 5.56 Å². The van der Waals surface area contributed by atoms with Gasteiger partial charge < -0.3 is 5.21 Å². The molecule has 0 radical (unpaired) electrons. The summed E-state index contributed by atoms with van der Waals surface area (Å²) in [6.07, 6.45) is 3.06. The lowest BCUT2D eigenvalue weighted by Gasteiger charge is -2.36. The SMILES string of the molecule is CC1(C)C[C@H](c2ccccc2)CC/C1=N\O. The number of hydrogen-bond donors (Lipinski definition) is 1. The van der Waals surface area contributed by atoms with Crippen molar-refractivity contribution in [3.05, 3.63) is 35.9 Å². The Morgan fingerprint density at radius 1 is 1.25 bits per heavy atom. The molecule has 2 heteroatoms. The van der Waals surface area contributed by atoms with Crippen molar-refractivity contribution in [3.8, 4) is 0 Å². The van der Waals surface area contributed by atoms with E-state index in [9.17, 15) is 0 Å². The number of rotatable bonds is 1. The van der Waals surface area contributed by atoms with Crippen molar-refractivity contribution in [2.45, 2.75) is 39.0 Å². The molecular weight excluding hydrogens is 198 g/mol. The Kier molecular flexibility index (Phi) is 2.99. The molecule has 1 atom stereocenters. The summed E-state index contributed by atoms with van der Waals surface area (Å²) in [7, 11) is 0. The lowest BCUT2D eigenvalue weighted by atomic mass is 9.69. The van der Waals surface area contributed by atoms with E-state index >= 15 is 0 Å². The third kappa shape index (κ3) is 2.11. The van der Waals surface area contributed by atoms with Crippen LogP contribution in [0.2, 0.25) is 0 Å². The Labute approximate surface area is 97.0 Å². The number of hydrogen-bond acceptors (Lipinski definition) is 2. The predicted molar refractivity (Wildman–Crippen MR) is 66.0 cm³/mol. The maximum absolute atomic E-state index is 8.97. The first-order valence-corrected chi connectivity index (χ1v) is 5.90. The van der Waals surface area contributed by atoms with Crippen LogP contribution in [-0.2, 0) is 0 Å². The maximum atomic E-state index is 8.97. The van der Waals surface area contributed by atoms with Crippen molar-refractivity contribution in [3.63, 3.8) is 0 Å². The van der Waals surface area contributed by atoms with Crippen molar-refractivity contribution in [2.75, 3.05) is 0 Å². The molecule has 16 heavy (non-hydrogen) atoms. The third-order valence-corrected chi connectivity index (χ3v) is 3.66. The van der Waals surface area contributed by atoms with Gasteiger partial charge in [-0.05, 0) is 30.7 Å². The second kappa shape index (κ2) is 4.28. The normalized spacial score (nSPS) is 26.9. The van der Waals surface area contributed by atoms with Gasteiger partial charge in [-0.1, -0.05) is 49.3 Å². The fourth-order valence-corrected chi connectivity index (χ4v) is 2.68. The van der Waals surface area contributed by atoms with Gasteiger partial charge in [-0.3, -0.25) is 0 Å². The summed E-state index contributed by atoms with van der Waals surface area (Å²) in [4.78, 5) is 0. The standard InChI is InChI=1S/C14H19NO/c1-14(2)10-12(8-9-13(14)15-16)11-6-4-3-5-7-11/h3-7,12,16H,8-10H2,1-2H3/b15-13+/t12-/m1/s1. The summed E-state index contributed by atoms with van der Waals surface area (Å²) in [6.45, 7) is 4.33. The van der Waals surface area contributed by atoms with Crippen LogP contribution in [0.3, 0.4) is 0 Å². The van der Waals surface area contributed by atoms with Gasteiger partial charge in [0, 0.05) is 5.41 Å². The lowest BCUT2D eigenvalue weighted by molar-refractivity contribution is 0.289. The highest BCUT2D eigenvalue weighted by Gasteiger charge is 2.34. The smallest absolute Gasteiger partial charge is 0.0627 e. The molecule has 2 nitrogen and oxygen atoms in total. The first kappa shape index (κ1) is 11.2. The van der Waals surface area contributed by atoms with Crippen molar-refractivity contribution < 1.29 is 5.21 Å². The molecule has 1 fully saturated rings. The van der Waals surface area contributed by atoms with Crippen molar-refractivity contribution in [1.82, 2.24) is 0 Å². The van der Waals surface area contributed by atoms with Gasteiger partial charge >= 0.3 is 0 Å². The second-order valence-corrected chi connectivity index (χ2v) is 5.28. The fourth-order valence-electron chi connectivity index (χ4n) is 2.68. The summed E-state index contributed by atoms with van der Waals surface area (Å²) < 4.78 is 0. The highest BCUT2D eigenvalue weighted by molar-refractivity contribution is 5.90. The molecule has 0 bridgehead atoms. The molecule has 2 rings (SSSR count). The molecule has 1 aliphatic carbocycles. The third-order valence-electron chi connectivity index (χ3n) is 3.66. The Balaban J connectivity index is 2.18. The first-order valence-electron chi connectivity index (χ1n) is 5.90. The quantitative estimate of drug-likeness (QED) is 0.563. The fraction of sp³-hybridized carbons (Fsp3) is 0.500. The molecule has 1 N–H and O–H groups in total. The van der Waals surface area contributed by atoms with Gasteiger partial charge in [-0.2, -0.15) is 0 Å². The van der Waals surface area contributed by atoms with E-state index in [0.29, 0.717) is 5.92 Å². The first-order chi connectivity index (χ1) is 7.63. The van der Waals surface area contributed by atoms with E-state index in [4.69, 9.17) is 5.21 Å². The molecule has 0 unspecified atom stereocenters. The van der Waals surface area contributed by atoms with Gasteiger partial charge in [0.15, 0.2) is 0 Å². The van der Waals surface area contributed by atoms with Crippen LogP contribution in [0, 0.1) is 5.41 Å². The largest absolute Gasteiger partial charge is 0.411 e. The van der Waals surface area contributed by atoms with Gasteiger partial charge in [-0.25, -0.2) is 0 Å². The van der Waals surface area contributed by atoms with E-state index in [-0.39, 0.29) is 5.41 Å². The van der Waals surface area contributed by atoms with Crippen LogP contribution in [-0.4, -0.2) is 10.9 Å². The average Bonchev–Trinajstić information content (AvgIpc) is 2.29. The van der Waals surface area contributed by atoms with Gasteiger partial charge in [0.25, 0.3) is 0 Å². The van der Waals surface area contributed by atoms with Gasteiger partial charge in [0.05, 0.1) is 5.71 Å². The minimum atomic E-state index is 0.0213. The lowest BCUT2D eigenvalue weighted by Crippen LogP contribution is -2.31. The van der Waals surface area contributed by atoms with Crippen LogP contribution in [0.25, 0.3) is 0 Å². The second-order valence-electron chi connectivity index (χ2n) is 5.28.